The van der Waals surface area contributed by atoms with Crippen LogP contribution in [-0.4, -0.2) is 21.7 Å². The number of anilines is 1. The van der Waals surface area contributed by atoms with Gasteiger partial charge in [-0.1, -0.05) is 62.1 Å². The van der Waals surface area contributed by atoms with E-state index >= 15 is 0 Å². The fourth-order valence-electron chi connectivity index (χ4n) is 3.70. The summed E-state index contributed by atoms with van der Waals surface area (Å²) in [4.78, 5) is 17.0. The number of hydrogen-bond acceptors (Lipinski definition) is 4. The van der Waals surface area contributed by atoms with Gasteiger partial charge in [0.2, 0.25) is 0 Å². The van der Waals surface area contributed by atoms with Gasteiger partial charge in [0.25, 0.3) is 5.91 Å². The van der Waals surface area contributed by atoms with Crippen molar-refractivity contribution in [1.82, 2.24) is 4.90 Å². The smallest absolute Gasteiger partial charge is 0.266 e. The Morgan fingerprint density at radius 2 is 2.00 bits per heavy atom. The van der Waals surface area contributed by atoms with Gasteiger partial charge in [0.05, 0.1) is 4.91 Å². The molecule has 4 rings (SSSR count). The minimum Gasteiger partial charge on any atom is -0.313 e. The number of likely N-dealkylation sites (N-methyl/N-ethyl adjacent to an activating group) is 1. The molecule has 3 aliphatic rings. The van der Waals surface area contributed by atoms with E-state index in [4.69, 9.17) is 12.2 Å². The third kappa shape index (κ3) is 2.49. The number of carbonyl (C=O) groups is 1. The van der Waals surface area contributed by atoms with E-state index in [1.165, 1.54) is 28.7 Å². The van der Waals surface area contributed by atoms with E-state index in [1.807, 2.05) is 19.1 Å². The lowest BCUT2D eigenvalue weighted by molar-refractivity contribution is -0.122. The number of carbonyl (C=O) groups excluding carboxylic acids is 1. The molecule has 5 heteroatoms. The van der Waals surface area contributed by atoms with Crippen LogP contribution in [0.3, 0.4) is 0 Å². The van der Waals surface area contributed by atoms with E-state index < -0.39 is 0 Å². The first kappa shape index (κ1) is 17.3. The standard InChI is InChI=1S/C21H20N2OS2/c1-4-22-19(24)17(26-20(22)25)13-12-14-8-7-11-18-21(2,3)15-9-5-6-10-16(15)23(14)18/h5-13H,4H2,1-3H3. The summed E-state index contributed by atoms with van der Waals surface area (Å²) < 4.78 is 0.634. The molecule has 3 heterocycles. The van der Waals surface area contributed by atoms with Gasteiger partial charge in [-0.15, -0.1) is 0 Å². The molecular formula is C21H20N2OS2. The highest BCUT2D eigenvalue weighted by molar-refractivity contribution is 8.26. The summed E-state index contributed by atoms with van der Waals surface area (Å²) in [6.07, 6.45) is 10.2. The van der Waals surface area contributed by atoms with Crippen molar-refractivity contribution in [2.75, 3.05) is 11.4 Å². The van der Waals surface area contributed by atoms with Gasteiger partial charge in [0.1, 0.15) is 4.32 Å². The number of thiocarbonyl (C=S) groups is 1. The van der Waals surface area contributed by atoms with E-state index in [2.05, 4.69) is 61.2 Å². The second kappa shape index (κ2) is 6.25. The van der Waals surface area contributed by atoms with Crippen LogP contribution < -0.4 is 4.90 Å². The lowest BCUT2D eigenvalue weighted by Gasteiger charge is -2.29. The number of fused-ring (bicyclic) bond motifs is 3. The first-order chi connectivity index (χ1) is 12.4. The van der Waals surface area contributed by atoms with Crippen LogP contribution in [0.15, 0.2) is 70.9 Å². The summed E-state index contributed by atoms with van der Waals surface area (Å²) in [7, 11) is 0. The predicted molar refractivity (Wildman–Crippen MR) is 113 cm³/mol. The maximum Gasteiger partial charge on any atom is 0.266 e. The van der Waals surface area contributed by atoms with Gasteiger partial charge in [-0.05, 0) is 42.9 Å². The summed E-state index contributed by atoms with van der Waals surface area (Å²) in [5, 5.41) is 0. The lowest BCUT2D eigenvalue weighted by atomic mass is 9.83. The lowest BCUT2D eigenvalue weighted by Crippen LogP contribution is -2.27. The fraction of sp³-hybridized carbons (Fsp3) is 0.238. The first-order valence-corrected chi connectivity index (χ1v) is 9.91. The van der Waals surface area contributed by atoms with Crippen molar-refractivity contribution in [2.45, 2.75) is 26.2 Å². The van der Waals surface area contributed by atoms with Crippen LogP contribution >= 0.6 is 24.0 Å². The highest BCUT2D eigenvalue weighted by Crippen LogP contribution is 2.50. The molecule has 1 saturated heterocycles. The normalized spacial score (nSPS) is 23.7. The molecule has 0 atom stereocenters. The Bertz CT molecular complexity index is 937. The summed E-state index contributed by atoms with van der Waals surface area (Å²) in [6.45, 7) is 7.05. The predicted octanol–water partition coefficient (Wildman–Crippen LogP) is 4.89. The molecule has 132 valence electrons. The molecule has 0 unspecified atom stereocenters. The monoisotopic (exact) mass is 380 g/mol. The maximum atomic E-state index is 12.4. The van der Waals surface area contributed by atoms with Gasteiger partial charge in [-0.3, -0.25) is 9.69 Å². The zero-order chi connectivity index (χ0) is 18.5. The second-order valence-corrected chi connectivity index (χ2v) is 8.60. The minimum atomic E-state index is -0.0495. The van der Waals surface area contributed by atoms with Crippen LogP contribution in [0.5, 0.6) is 0 Å². The average Bonchev–Trinajstić information content (AvgIpc) is 3.04. The summed E-state index contributed by atoms with van der Waals surface area (Å²) >= 11 is 6.67. The second-order valence-electron chi connectivity index (χ2n) is 6.93. The topological polar surface area (TPSA) is 23.6 Å². The molecule has 1 fully saturated rings. The Hall–Kier alpha value is -2.11. The van der Waals surface area contributed by atoms with Crippen LogP contribution in [0.1, 0.15) is 26.3 Å². The van der Waals surface area contributed by atoms with Crippen molar-refractivity contribution in [3.8, 4) is 0 Å². The van der Waals surface area contributed by atoms with Crippen molar-refractivity contribution < 1.29 is 4.79 Å². The van der Waals surface area contributed by atoms with Gasteiger partial charge in [0, 0.05) is 29.0 Å². The zero-order valence-corrected chi connectivity index (χ0v) is 16.7. The molecule has 1 aromatic rings. The van der Waals surface area contributed by atoms with Crippen LogP contribution in [0.25, 0.3) is 0 Å². The Morgan fingerprint density at radius 1 is 1.23 bits per heavy atom. The number of amides is 1. The first-order valence-electron chi connectivity index (χ1n) is 8.69. The van der Waals surface area contributed by atoms with Crippen molar-refractivity contribution >= 4 is 39.9 Å². The van der Waals surface area contributed by atoms with E-state index in [0.29, 0.717) is 15.8 Å². The molecule has 0 aromatic heterocycles. The molecule has 0 saturated carbocycles. The van der Waals surface area contributed by atoms with Crippen molar-refractivity contribution in [3.05, 3.63) is 76.5 Å². The average molecular weight is 381 g/mol. The van der Waals surface area contributed by atoms with Crippen LogP contribution in [0.2, 0.25) is 0 Å². The molecule has 26 heavy (non-hydrogen) atoms. The number of benzene rings is 1. The van der Waals surface area contributed by atoms with Crippen LogP contribution in [0.4, 0.5) is 5.69 Å². The molecule has 0 spiro atoms. The van der Waals surface area contributed by atoms with Gasteiger partial charge in [0.15, 0.2) is 0 Å². The van der Waals surface area contributed by atoms with Gasteiger partial charge in [-0.2, -0.15) is 0 Å². The number of hydrogen-bond donors (Lipinski definition) is 0. The minimum absolute atomic E-state index is 0.00273. The van der Waals surface area contributed by atoms with Crippen molar-refractivity contribution in [1.29, 1.82) is 0 Å². The molecule has 0 N–H and O–H groups in total. The third-order valence-corrected chi connectivity index (χ3v) is 6.47. The highest BCUT2D eigenvalue weighted by Gasteiger charge is 2.41. The van der Waals surface area contributed by atoms with Crippen molar-refractivity contribution in [2.24, 2.45) is 0 Å². The largest absolute Gasteiger partial charge is 0.313 e. The molecule has 0 bridgehead atoms. The fourth-order valence-corrected chi connectivity index (χ4v) is 5.02. The summed E-state index contributed by atoms with van der Waals surface area (Å²) in [5.74, 6) is -0.00273. The molecule has 0 radical (unpaired) electrons. The Morgan fingerprint density at radius 3 is 2.73 bits per heavy atom. The van der Waals surface area contributed by atoms with Gasteiger partial charge >= 0.3 is 0 Å². The SMILES string of the molecule is CCN1C(=O)C(=CC=C2C=CC=C3N2c2ccccc2C3(C)C)SC1=S. The van der Waals surface area contributed by atoms with E-state index in [9.17, 15) is 4.79 Å². The molecule has 1 amide bonds. The highest BCUT2D eigenvalue weighted by atomic mass is 32.2. The van der Waals surface area contributed by atoms with Gasteiger partial charge in [-0.25, -0.2) is 0 Å². The van der Waals surface area contributed by atoms with Gasteiger partial charge < -0.3 is 4.90 Å². The number of rotatable bonds is 2. The van der Waals surface area contributed by atoms with Crippen LogP contribution in [0, 0.1) is 0 Å². The van der Waals surface area contributed by atoms with E-state index in [-0.39, 0.29) is 11.3 Å². The molecule has 0 aliphatic carbocycles. The Balaban J connectivity index is 1.74. The number of thioether (sulfide) groups is 1. The van der Waals surface area contributed by atoms with Crippen LogP contribution in [-0.2, 0) is 10.2 Å². The third-order valence-electron chi connectivity index (χ3n) is 5.07. The molecule has 3 nitrogen and oxygen atoms in total. The molecule has 3 aliphatic heterocycles. The number of allylic oxidation sites excluding steroid dienone is 6. The Labute approximate surface area is 163 Å². The zero-order valence-electron chi connectivity index (χ0n) is 15.0. The van der Waals surface area contributed by atoms with E-state index in [0.717, 1.165) is 5.70 Å². The quantitative estimate of drug-likeness (QED) is 0.539. The summed E-state index contributed by atoms with van der Waals surface area (Å²) in [6, 6.07) is 8.51. The maximum absolute atomic E-state index is 12.4. The number of para-hydroxylation sites is 1. The van der Waals surface area contributed by atoms with Crippen molar-refractivity contribution in [3.63, 3.8) is 0 Å². The summed E-state index contributed by atoms with van der Waals surface area (Å²) in [5.41, 5.74) is 4.78. The van der Waals surface area contributed by atoms with E-state index in [1.54, 1.807) is 4.90 Å². The Kier molecular flexibility index (Phi) is 4.16. The molecular weight excluding hydrogens is 360 g/mol. The number of nitrogens with zero attached hydrogens (tertiary/aromatic N) is 2. The molecule has 1 aromatic carbocycles.